The molecule has 3 rings (SSSR count). The van der Waals surface area contributed by atoms with Crippen molar-refractivity contribution in [3.63, 3.8) is 0 Å². The largest absolute Gasteiger partial charge is 0.450 e. The lowest BCUT2D eigenvalue weighted by atomic mass is 10.1. The van der Waals surface area contributed by atoms with E-state index in [0.717, 1.165) is 18.4 Å². The standard InChI is InChI=1S/C21H20N6O4S/c1-2-4-15-5-3-6-16(11-15)26(9-7-20(28)31-10-8-22)25-24-18-12-17(27(29)30)13-19-21(18)23-14-32-19/h3,5-6,11-14H,2,4,7,9-10H2,1H3. The van der Waals surface area contributed by atoms with Crippen LogP contribution in [-0.2, 0) is 16.0 Å². The average molecular weight is 452 g/mol. The number of nitro benzene ring substituents is 1. The number of aryl methyl sites for hydroxylation is 1. The van der Waals surface area contributed by atoms with Crippen molar-refractivity contribution in [3.8, 4) is 6.07 Å². The van der Waals surface area contributed by atoms with E-state index >= 15 is 0 Å². The number of carbonyl (C=O) groups is 1. The monoisotopic (exact) mass is 452 g/mol. The maximum Gasteiger partial charge on any atom is 0.308 e. The van der Waals surface area contributed by atoms with Gasteiger partial charge in [0, 0.05) is 12.1 Å². The Morgan fingerprint density at radius 3 is 2.97 bits per heavy atom. The summed E-state index contributed by atoms with van der Waals surface area (Å²) in [7, 11) is 0. The molecule has 3 aromatic rings. The normalized spacial score (nSPS) is 10.9. The first kappa shape index (κ1) is 22.8. The predicted octanol–water partition coefficient (Wildman–Crippen LogP) is 5.12. The molecule has 0 atom stereocenters. The number of nitro groups is 1. The van der Waals surface area contributed by atoms with E-state index < -0.39 is 10.9 Å². The molecule has 0 N–H and O–H groups in total. The number of nitriles is 1. The molecular weight excluding hydrogens is 432 g/mol. The lowest BCUT2D eigenvalue weighted by Gasteiger charge is -2.18. The van der Waals surface area contributed by atoms with Crippen molar-refractivity contribution >= 4 is 44.6 Å². The second-order valence-electron chi connectivity index (χ2n) is 6.72. The van der Waals surface area contributed by atoms with Gasteiger partial charge in [-0.3, -0.25) is 14.9 Å². The molecule has 0 aliphatic heterocycles. The second-order valence-corrected chi connectivity index (χ2v) is 7.61. The Morgan fingerprint density at radius 1 is 1.38 bits per heavy atom. The van der Waals surface area contributed by atoms with Gasteiger partial charge in [-0.05, 0) is 24.1 Å². The quantitative estimate of drug-likeness (QED) is 0.180. The smallest absolute Gasteiger partial charge is 0.308 e. The van der Waals surface area contributed by atoms with E-state index in [1.807, 2.05) is 24.3 Å². The molecule has 0 unspecified atom stereocenters. The number of hydrogen-bond acceptors (Lipinski definition) is 9. The molecule has 0 aliphatic rings. The molecule has 0 fully saturated rings. The molecule has 10 nitrogen and oxygen atoms in total. The van der Waals surface area contributed by atoms with Gasteiger partial charge >= 0.3 is 5.97 Å². The summed E-state index contributed by atoms with van der Waals surface area (Å²) in [6, 6.07) is 12.2. The highest BCUT2D eigenvalue weighted by molar-refractivity contribution is 7.16. The van der Waals surface area contributed by atoms with Crippen LogP contribution in [0, 0.1) is 21.4 Å². The van der Waals surface area contributed by atoms with Crippen LogP contribution in [-0.4, -0.2) is 29.0 Å². The molecule has 0 saturated heterocycles. The van der Waals surface area contributed by atoms with Gasteiger partial charge in [-0.2, -0.15) is 5.26 Å². The van der Waals surface area contributed by atoms with Crippen LogP contribution in [0.2, 0.25) is 0 Å². The zero-order valence-electron chi connectivity index (χ0n) is 17.3. The van der Waals surface area contributed by atoms with E-state index in [4.69, 9.17) is 10.00 Å². The first-order chi connectivity index (χ1) is 15.5. The van der Waals surface area contributed by atoms with Crippen LogP contribution in [0.4, 0.5) is 17.1 Å². The molecule has 1 heterocycles. The first-order valence-electron chi connectivity index (χ1n) is 9.84. The maximum absolute atomic E-state index is 11.9. The minimum Gasteiger partial charge on any atom is -0.450 e. The van der Waals surface area contributed by atoms with Crippen LogP contribution in [0.15, 0.2) is 52.2 Å². The number of non-ortho nitro benzene ring substituents is 1. The lowest BCUT2D eigenvalue weighted by Crippen LogP contribution is -2.21. The number of nitrogens with zero attached hydrogens (tertiary/aromatic N) is 6. The minimum absolute atomic E-state index is 0.0141. The van der Waals surface area contributed by atoms with E-state index in [9.17, 15) is 14.9 Å². The van der Waals surface area contributed by atoms with Gasteiger partial charge in [-0.15, -0.1) is 16.5 Å². The summed E-state index contributed by atoms with van der Waals surface area (Å²) < 4.78 is 5.44. The summed E-state index contributed by atoms with van der Waals surface area (Å²) in [5, 5.41) is 29.9. The number of hydrogen-bond donors (Lipinski definition) is 0. The van der Waals surface area contributed by atoms with Crippen molar-refractivity contribution in [2.45, 2.75) is 26.2 Å². The van der Waals surface area contributed by atoms with Crippen molar-refractivity contribution in [1.82, 2.24) is 4.98 Å². The molecule has 0 radical (unpaired) electrons. The van der Waals surface area contributed by atoms with Gasteiger partial charge in [0.05, 0.1) is 33.8 Å². The topological polar surface area (TPSA) is 134 Å². The van der Waals surface area contributed by atoms with E-state index in [1.54, 1.807) is 11.6 Å². The molecule has 0 spiro atoms. The highest BCUT2D eigenvalue weighted by Gasteiger charge is 2.15. The van der Waals surface area contributed by atoms with Gasteiger partial charge in [0.25, 0.3) is 5.69 Å². The number of rotatable bonds is 10. The summed E-state index contributed by atoms with van der Waals surface area (Å²) in [6.45, 7) is 1.91. The molecule has 0 aliphatic carbocycles. The molecular formula is C21H20N6O4S. The fraction of sp³-hybridized carbons (Fsp3) is 0.286. The van der Waals surface area contributed by atoms with Crippen LogP contribution in [0.3, 0.4) is 0 Å². The van der Waals surface area contributed by atoms with Gasteiger partial charge in [-0.1, -0.05) is 30.7 Å². The summed E-state index contributed by atoms with van der Waals surface area (Å²) >= 11 is 1.27. The average Bonchev–Trinajstić information content (AvgIpc) is 3.27. The van der Waals surface area contributed by atoms with Crippen LogP contribution in [0.1, 0.15) is 25.3 Å². The summed E-state index contributed by atoms with van der Waals surface area (Å²) in [5.74, 6) is -0.534. The highest BCUT2D eigenvalue weighted by Crippen LogP contribution is 2.33. The molecule has 1 aromatic heterocycles. The van der Waals surface area contributed by atoms with Crippen molar-refractivity contribution < 1.29 is 14.5 Å². The van der Waals surface area contributed by atoms with E-state index in [0.29, 0.717) is 15.9 Å². The number of anilines is 1. The molecule has 0 saturated carbocycles. The Kier molecular flexibility index (Phi) is 7.77. The number of benzene rings is 2. The van der Waals surface area contributed by atoms with Gasteiger partial charge in [0.15, 0.2) is 6.61 Å². The Bertz CT molecular complexity index is 1190. The third-order valence-corrected chi connectivity index (χ3v) is 5.22. The third-order valence-electron chi connectivity index (χ3n) is 4.45. The van der Waals surface area contributed by atoms with E-state index in [-0.39, 0.29) is 30.9 Å². The molecule has 32 heavy (non-hydrogen) atoms. The Labute approximate surface area is 187 Å². The van der Waals surface area contributed by atoms with Crippen LogP contribution in [0.25, 0.3) is 10.2 Å². The number of esters is 1. The van der Waals surface area contributed by atoms with Crippen molar-refractivity contribution in [1.29, 1.82) is 5.26 Å². The molecule has 11 heteroatoms. The molecule has 164 valence electrons. The third kappa shape index (κ3) is 5.83. The van der Waals surface area contributed by atoms with Gasteiger partial charge in [0.2, 0.25) is 0 Å². The molecule has 0 amide bonds. The zero-order chi connectivity index (χ0) is 22.9. The number of carbonyl (C=O) groups excluding carboxylic acids is 1. The SMILES string of the molecule is CCCc1cccc(N(CCC(=O)OCC#N)N=Nc2cc([N+](=O)[O-])cc3scnc23)c1. The number of fused-ring (bicyclic) bond motifs is 1. The minimum atomic E-state index is -0.534. The fourth-order valence-electron chi connectivity index (χ4n) is 2.99. The number of aromatic nitrogens is 1. The molecule has 0 bridgehead atoms. The van der Waals surface area contributed by atoms with Crippen molar-refractivity contribution in [2.75, 3.05) is 18.2 Å². The molecule has 2 aromatic carbocycles. The lowest BCUT2D eigenvalue weighted by molar-refractivity contribution is -0.384. The number of ether oxygens (including phenoxy) is 1. The van der Waals surface area contributed by atoms with Gasteiger partial charge in [-0.25, -0.2) is 9.99 Å². The first-order valence-corrected chi connectivity index (χ1v) is 10.7. The number of thiazole rings is 1. The summed E-state index contributed by atoms with van der Waals surface area (Å²) in [5.41, 5.74) is 4.08. The Hall–Kier alpha value is -3.91. The van der Waals surface area contributed by atoms with Crippen molar-refractivity contribution in [3.05, 3.63) is 57.6 Å². The summed E-state index contributed by atoms with van der Waals surface area (Å²) in [6.07, 6.45) is 1.84. The Balaban J connectivity index is 1.92. The van der Waals surface area contributed by atoms with Crippen LogP contribution in [0.5, 0.6) is 0 Å². The highest BCUT2D eigenvalue weighted by atomic mass is 32.1. The van der Waals surface area contributed by atoms with E-state index in [1.165, 1.54) is 28.5 Å². The van der Waals surface area contributed by atoms with Crippen LogP contribution >= 0.6 is 11.3 Å². The maximum atomic E-state index is 11.9. The van der Waals surface area contributed by atoms with E-state index in [2.05, 4.69) is 22.2 Å². The van der Waals surface area contributed by atoms with Gasteiger partial charge < -0.3 is 4.74 Å². The van der Waals surface area contributed by atoms with Crippen molar-refractivity contribution in [2.24, 2.45) is 10.3 Å². The second kappa shape index (κ2) is 10.9. The Morgan fingerprint density at radius 2 is 2.22 bits per heavy atom. The van der Waals surface area contributed by atoms with Crippen LogP contribution < -0.4 is 5.01 Å². The predicted molar refractivity (Wildman–Crippen MR) is 120 cm³/mol. The fourth-order valence-corrected chi connectivity index (χ4v) is 3.72. The zero-order valence-corrected chi connectivity index (χ0v) is 18.1. The van der Waals surface area contributed by atoms with Gasteiger partial charge in [0.1, 0.15) is 17.3 Å². The summed E-state index contributed by atoms with van der Waals surface area (Å²) in [4.78, 5) is 26.9.